The van der Waals surface area contributed by atoms with E-state index < -0.39 is 18.4 Å². The second-order valence-electron chi connectivity index (χ2n) is 5.89. The van der Waals surface area contributed by atoms with Gasteiger partial charge in [0.05, 0.1) is 13.5 Å². The number of benzene rings is 3. The van der Waals surface area contributed by atoms with Crippen LogP contribution in [0.5, 0.6) is 5.75 Å². The van der Waals surface area contributed by atoms with E-state index in [9.17, 15) is 14.0 Å². The van der Waals surface area contributed by atoms with Crippen LogP contribution in [0.2, 0.25) is 5.02 Å². The first kappa shape index (κ1) is 18.9. The van der Waals surface area contributed by atoms with Crippen LogP contribution in [-0.4, -0.2) is 25.5 Å². The minimum absolute atomic E-state index is 0.0521. The van der Waals surface area contributed by atoms with Gasteiger partial charge in [-0.25, -0.2) is 4.39 Å². The number of hydrogen-bond donors (Lipinski definition) is 0. The molecule has 0 saturated heterocycles. The van der Waals surface area contributed by atoms with Crippen LogP contribution < -0.4 is 4.74 Å². The van der Waals surface area contributed by atoms with Gasteiger partial charge >= 0.3 is 5.97 Å². The summed E-state index contributed by atoms with van der Waals surface area (Å²) in [5, 5.41) is 1.94. The van der Waals surface area contributed by atoms with Gasteiger partial charge in [-0.15, -0.1) is 0 Å². The first-order chi connectivity index (χ1) is 13.0. The summed E-state index contributed by atoms with van der Waals surface area (Å²) in [7, 11) is 1.59. The summed E-state index contributed by atoms with van der Waals surface area (Å²) >= 11 is 5.89. The number of methoxy groups -OCH3 is 1. The maximum atomic E-state index is 13.7. The number of esters is 1. The van der Waals surface area contributed by atoms with E-state index in [1.54, 1.807) is 31.4 Å². The molecule has 0 radical (unpaired) electrons. The van der Waals surface area contributed by atoms with Crippen molar-refractivity contribution in [2.75, 3.05) is 13.7 Å². The Morgan fingerprint density at radius 2 is 1.78 bits per heavy atom. The van der Waals surface area contributed by atoms with Crippen molar-refractivity contribution in [3.63, 3.8) is 0 Å². The highest BCUT2D eigenvalue weighted by atomic mass is 35.5. The fraction of sp³-hybridized carbons (Fsp3) is 0.143. The molecule has 0 heterocycles. The Hall–Kier alpha value is -2.92. The third-order valence-electron chi connectivity index (χ3n) is 4.12. The summed E-state index contributed by atoms with van der Waals surface area (Å²) in [6, 6.07) is 14.8. The van der Waals surface area contributed by atoms with Gasteiger partial charge in [0.25, 0.3) is 0 Å². The van der Waals surface area contributed by atoms with E-state index in [0.29, 0.717) is 5.56 Å². The predicted molar refractivity (Wildman–Crippen MR) is 101 cm³/mol. The van der Waals surface area contributed by atoms with Crippen LogP contribution in [0.1, 0.15) is 15.9 Å². The van der Waals surface area contributed by atoms with Crippen molar-refractivity contribution in [1.82, 2.24) is 0 Å². The van der Waals surface area contributed by atoms with Crippen LogP contribution in [0.15, 0.2) is 54.6 Å². The maximum Gasteiger partial charge on any atom is 0.310 e. The number of ketones is 1. The molecule has 0 aliphatic carbocycles. The number of hydrogen-bond acceptors (Lipinski definition) is 4. The Morgan fingerprint density at radius 1 is 1.04 bits per heavy atom. The quantitative estimate of drug-likeness (QED) is 0.458. The highest BCUT2D eigenvalue weighted by molar-refractivity contribution is 6.31. The zero-order chi connectivity index (χ0) is 19.4. The third kappa shape index (κ3) is 4.44. The number of halogens is 2. The lowest BCUT2D eigenvalue weighted by atomic mass is 10.0. The van der Waals surface area contributed by atoms with E-state index in [-0.39, 0.29) is 22.8 Å². The molecule has 0 spiro atoms. The number of fused-ring (bicyclic) bond motifs is 1. The minimum Gasteiger partial charge on any atom is -0.497 e. The lowest BCUT2D eigenvalue weighted by Gasteiger charge is -2.08. The lowest BCUT2D eigenvalue weighted by molar-refractivity contribution is -0.141. The Morgan fingerprint density at radius 3 is 2.52 bits per heavy atom. The van der Waals surface area contributed by atoms with Gasteiger partial charge in [0.2, 0.25) is 0 Å². The molecule has 0 N–H and O–H groups in total. The second-order valence-corrected chi connectivity index (χ2v) is 6.30. The molecule has 0 bridgehead atoms. The number of Topliss-reactive ketones (excluding diaryl/α,β-unsaturated/α-hetero) is 1. The van der Waals surface area contributed by atoms with Crippen molar-refractivity contribution in [1.29, 1.82) is 0 Å². The molecule has 0 atom stereocenters. The molecule has 3 aromatic rings. The predicted octanol–water partition coefficient (Wildman–Crippen LogP) is 4.61. The molecule has 138 valence electrons. The number of carbonyl (C=O) groups excluding carboxylic acids is 2. The fourth-order valence-corrected chi connectivity index (χ4v) is 2.88. The van der Waals surface area contributed by atoms with E-state index in [0.717, 1.165) is 16.5 Å². The van der Waals surface area contributed by atoms with Crippen LogP contribution in [0.3, 0.4) is 0 Å². The van der Waals surface area contributed by atoms with E-state index in [1.807, 2.05) is 12.1 Å². The Bertz CT molecular complexity index is 996. The average Bonchev–Trinajstić information content (AvgIpc) is 2.68. The SMILES string of the molecule is COc1ccc2cc(C(=O)COC(=O)Cc3c(F)cccc3Cl)ccc2c1. The molecule has 0 aromatic heterocycles. The molecule has 4 nitrogen and oxygen atoms in total. The molecule has 0 saturated carbocycles. The third-order valence-corrected chi connectivity index (χ3v) is 4.47. The number of carbonyl (C=O) groups is 2. The van der Waals surface area contributed by atoms with Gasteiger partial charge in [-0.1, -0.05) is 35.9 Å². The van der Waals surface area contributed by atoms with Gasteiger partial charge in [-0.05, 0) is 41.1 Å². The van der Waals surface area contributed by atoms with Crippen molar-refractivity contribution in [3.8, 4) is 5.75 Å². The van der Waals surface area contributed by atoms with Crippen LogP contribution in [0.4, 0.5) is 4.39 Å². The molecule has 0 fully saturated rings. The van der Waals surface area contributed by atoms with Gasteiger partial charge in [0.15, 0.2) is 12.4 Å². The summed E-state index contributed by atoms with van der Waals surface area (Å²) in [5.74, 6) is -0.931. The van der Waals surface area contributed by atoms with E-state index >= 15 is 0 Å². The van der Waals surface area contributed by atoms with Crippen molar-refractivity contribution in [2.24, 2.45) is 0 Å². The van der Waals surface area contributed by atoms with Gasteiger partial charge in [0.1, 0.15) is 11.6 Å². The highest BCUT2D eigenvalue weighted by Crippen LogP contribution is 2.22. The smallest absolute Gasteiger partial charge is 0.310 e. The van der Waals surface area contributed by atoms with Gasteiger partial charge in [-0.2, -0.15) is 0 Å². The topological polar surface area (TPSA) is 52.6 Å². The number of rotatable bonds is 6. The van der Waals surface area contributed by atoms with Gasteiger partial charge in [0, 0.05) is 16.1 Å². The molecular weight excluding hydrogens is 371 g/mol. The lowest BCUT2D eigenvalue weighted by Crippen LogP contribution is -2.16. The van der Waals surface area contributed by atoms with Crippen LogP contribution in [0.25, 0.3) is 10.8 Å². The Kier molecular flexibility index (Phi) is 5.72. The molecule has 0 unspecified atom stereocenters. The normalized spacial score (nSPS) is 10.6. The maximum absolute atomic E-state index is 13.7. The molecule has 0 aliphatic rings. The van der Waals surface area contributed by atoms with E-state index in [4.69, 9.17) is 21.1 Å². The molecule has 0 aliphatic heterocycles. The highest BCUT2D eigenvalue weighted by Gasteiger charge is 2.15. The number of ether oxygens (including phenoxy) is 2. The summed E-state index contributed by atoms with van der Waals surface area (Å²) in [6.07, 6.45) is -0.337. The summed E-state index contributed by atoms with van der Waals surface area (Å²) in [4.78, 5) is 24.2. The van der Waals surface area contributed by atoms with E-state index in [1.165, 1.54) is 18.2 Å². The Balaban J connectivity index is 1.65. The monoisotopic (exact) mass is 386 g/mol. The van der Waals surface area contributed by atoms with Crippen molar-refractivity contribution < 1.29 is 23.5 Å². The zero-order valence-corrected chi connectivity index (χ0v) is 15.3. The van der Waals surface area contributed by atoms with Gasteiger partial charge in [-0.3, -0.25) is 9.59 Å². The standard InChI is InChI=1S/C21H16ClFO4/c1-26-16-8-7-13-9-15(6-5-14(13)10-16)20(24)12-27-21(25)11-17-18(22)3-2-4-19(17)23/h2-10H,11-12H2,1H3. The summed E-state index contributed by atoms with van der Waals surface area (Å²) < 4.78 is 23.9. The Labute approximate surface area is 160 Å². The first-order valence-electron chi connectivity index (χ1n) is 8.17. The summed E-state index contributed by atoms with van der Waals surface area (Å²) in [6.45, 7) is -0.424. The molecule has 3 rings (SSSR count). The molecule has 27 heavy (non-hydrogen) atoms. The largest absolute Gasteiger partial charge is 0.497 e. The van der Waals surface area contributed by atoms with Crippen LogP contribution in [-0.2, 0) is 16.0 Å². The second kappa shape index (κ2) is 8.18. The molecule has 0 amide bonds. The van der Waals surface area contributed by atoms with Crippen molar-refractivity contribution in [3.05, 3.63) is 76.6 Å². The zero-order valence-electron chi connectivity index (χ0n) is 14.5. The van der Waals surface area contributed by atoms with Crippen LogP contribution >= 0.6 is 11.6 Å². The molecule has 6 heteroatoms. The molecule has 3 aromatic carbocycles. The average molecular weight is 387 g/mol. The molecular formula is C21H16ClFO4. The van der Waals surface area contributed by atoms with Crippen molar-refractivity contribution in [2.45, 2.75) is 6.42 Å². The first-order valence-corrected chi connectivity index (χ1v) is 8.55. The minimum atomic E-state index is -0.721. The fourth-order valence-electron chi connectivity index (χ4n) is 2.65. The van der Waals surface area contributed by atoms with Crippen LogP contribution in [0, 0.1) is 5.82 Å². The summed E-state index contributed by atoms with van der Waals surface area (Å²) in [5.41, 5.74) is 0.473. The van der Waals surface area contributed by atoms with E-state index in [2.05, 4.69) is 0 Å². The van der Waals surface area contributed by atoms with Gasteiger partial charge < -0.3 is 9.47 Å². The van der Waals surface area contributed by atoms with Crippen molar-refractivity contribution >= 4 is 34.1 Å².